The number of nitrogens with zero attached hydrogens (tertiary/aromatic N) is 3. The smallest absolute Gasteiger partial charge is 0.244 e. The molecule has 0 fully saturated rings. The molecule has 0 spiro atoms. The fourth-order valence-corrected chi connectivity index (χ4v) is 2.23. The molecule has 8 heteroatoms. The highest BCUT2D eigenvalue weighted by Gasteiger charge is 2.12. The normalized spacial score (nSPS) is 14.3. The van der Waals surface area contributed by atoms with Crippen LogP contribution in [0.5, 0.6) is 0 Å². The molecule has 0 saturated carbocycles. The number of hydrogen-bond donors (Lipinski definition) is 1. The molecule has 82 valence electrons. The summed E-state index contributed by atoms with van der Waals surface area (Å²) >= 11 is 5.56. The SMILES string of the molecule is CS(=O)(Cc1ccc(Cl)nc1)=N[N+](=O)O. The second-order valence-electron chi connectivity index (χ2n) is 2.93. The summed E-state index contributed by atoms with van der Waals surface area (Å²) in [6.45, 7) is 0. The standard InChI is InChI=1S/C7H9ClN3O3S/c1-15(14,10-11(12)13)5-6-2-3-7(8)9-4-6/h2-4H,5H2,1H3,(H,12,13)/q+1. The third kappa shape index (κ3) is 4.22. The molecule has 0 aliphatic carbocycles. The second kappa shape index (κ2) is 4.54. The molecule has 1 aromatic rings. The molecule has 0 saturated heterocycles. The van der Waals surface area contributed by atoms with E-state index in [-0.39, 0.29) is 5.75 Å². The van der Waals surface area contributed by atoms with Gasteiger partial charge < -0.3 is 0 Å². The zero-order valence-electron chi connectivity index (χ0n) is 7.83. The van der Waals surface area contributed by atoms with Crippen molar-refractivity contribution in [1.82, 2.24) is 4.98 Å². The van der Waals surface area contributed by atoms with Crippen LogP contribution in [0.1, 0.15) is 5.56 Å². The number of aromatic nitrogens is 1. The van der Waals surface area contributed by atoms with Crippen molar-refractivity contribution in [3.05, 3.63) is 34.0 Å². The fraction of sp³-hybridized carbons (Fsp3) is 0.286. The summed E-state index contributed by atoms with van der Waals surface area (Å²) in [5.74, 6) is 0.0243. The van der Waals surface area contributed by atoms with Gasteiger partial charge in [-0.3, -0.25) is 0 Å². The summed E-state index contributed by atoms with van der Waals surface area (Å²) in [4.78, 5) is 14.0. The van der Waals surface area contributed by atoms with Crippen molar-refractivity contribution in [2.45, 2.75) is 5.75 Å². The summed E-state index contributed by atoms with van der Waals surface area (Å²) in [6, 6.07) is 3.17. The summed E-state index contributed by atoms with van der Waals surface area (Å²) in [6.07, 6.45) is 2.70. The van der Waals surface area contributed by atoms with Crippen LogP contribution in [0.15, 0.2) is 22.8 Å². The largest absolute Gasteiger partial charge is 0.396 e. The molecule has 0 bridgehead atoms. The Bertz CT molecular complexity index is 479. The molecule has 1 rings (SSSR count). The zero-order chi connectivity index (χ0) is 11.5. The highest BCUT2D eigenvalue weighted by Crippen LogP contribution is 2.09. The van der Waals surface area contributed by atoms with Gasteiger partial charge in [0.1, 0.15) is 19.8 Å². The van der Waals surface area contributed by atoms with Crippen molar-refractivity contribution in [2.75, 3.05) is 6.26 Å². The first-order valence-electron chi connectivity index (χ1n) is 3.85. The van der Waals surface area contributed by atoms with E-state index in [0.29, 0.717) is 10.7 Å². The van der Waals surface area contributed by atoms with Gasteiger partial charge in [-0.1, -0.05) is 17.7 Å². The van der Waals surface area contributed by atoms with Gasteiger partial charge in [-0.15, -0.1) is 0 Å². The lowest BCUT2D eigenvalue weighted by Gasteiger charge is -1.99. The average molecular weight is 251 g/mol. The molecule has 0 aliphatic rings. The molecule has 0 amide bonds. The number of hydrogen-bond acceptors (Lipinski definition) is 3. The first kappa shape index (κ1) is 11.9. The molecule has 0 radical (unpaired) electrons. The molecule has 1 atom stereocenters. The molecule has 1 aromatic heterocycles. The van der Waals surface area contributed by atoms with E-state index in [2.05, 4.69) is 9.46 Å². The summed E-state index contributed by atoms with van der Waals surface area (Å²) in [7, 11) is -2.79. The third-order valence-electron chi connectivity index (χ3n) is 1.47. The van der Waals surface area contributed by atoms with Gasteiger partial charge in [0.25, 0.3) is 0 Å². The Hall–Kier alpha value is -1.21. The van der Waals surface area contributed by atoms with E-state index < -0.39 is 14.8 Å². The second-order valence-corrected chi connectivity index (χ2v) is 5.69. The quantitative estimate of drug-likeness (QED) is 0.650. The molecule has 1 unspecified atom stereocenters. The molecule has 6 nitrogen and oxygen atoms in total. The Morgan fingerprint density at radius 1 is 1.67 bits per heavy atom. The topological polar surface area (TPSA) is 82.6 Å². The Balaban J connectivity index is 2.92. The molecule has 1 heterocycles. The highest BCUT2D eigenvalue weighted by atomic mass is 35.5. The lowest BCUT2D eigenvalue weighted by atomic mass is 10.3. The van der Waals surface area contributed by atoms with E-state index in [1.165, 1.54) is 12.5 Å². The van der Waals surface area contributed by atoms with Crippen molar-refractivity contribution in [3.63, 3.8) is 0 Å². The van der Waals surface area contributed by atoms with Crippen molar-refractivity contribution in [1.29, 1.82) is 0 Å². The van der Waals surface area contributed by atoms with Gasteiger partial charge in [-0.25, -0.2) is 14.4 Å². The summed E-state index contributed by atoms with van der Waals surface area (Å²) in [5.41, 5.74) is 0.623. The summed E-state index contributed by atoms with van der Waals surface area (Å²) < 4.78 is 14.6. The van der Waals surface area contributed by atoms with E-state index in [1.807, 2.05) is 0 Å². The van der Waals surface area contributed by atoms with E-state index in [4.69, 9.17) is 16.8 Å². The Morgan fingerprint density at radius 3 is 2.80 bits per heavy atom. The first-order chi connectivity index (χ1) is 6.89. The molecule has 1 N–H and O–H groups in total. The van der Waals surface area contributed by atoms with Crippen molar-refractivity contribution < 1.29 is 14.4 Å². The van der Waals surface area contributed by atoms with Gasteiger partial charge in [0.15, 0.2) is 4.47 Å². The van der Waals surface area contributed by atoms with Crippen LogP contribution in [-0.2, 0) is 15.5 Å². The molecule has 0 aliphatic heterocycles. The predicted molar refractivity (Wildman–Crippen MR) is 54.9 cm³/mol. The van der Waals surface area contributed by atoms with Crippen LogP contribution in [0.2, 0.25) is 5.15 Å². The van der Waals surface area contributed by atoms with E-state index >= 15 is 0 Å². The first-order valence-corrected chi connectivity index (χ1v) is 6.32. The monoisotopic (exact) mass is 250 g/mol. The van der Waals surface area contributed by atoms with Crippen molar-refractivity contribution in [3.8, 4) is 0 Å². The van der Waals surface area contributed by atoms with Crippen molar-refractivity contribution in [2.24, 2.45) is 4.47 Å². The molecule has 0 aromatic carbocycles. The Morgan fingerprint density at radius 2 is 2.33 bits per heavy atom. The van der Waals surface area contributed by atoms with Gasteiger partial charge in [-0.2, -0.15) is 0 Å². The van der Waals surface area contributed by atoms with Gasteiger partial charge >= 0.3 is 5.03 Å². The minimum atomic E-state index is -2.79. The van der Waals surface area contributed by atoms with Crippen LogP contribution in [0.25, 0.3) is 0 Å². The lowest BCUT2D eigenvalue weighted by molar-refractivity contribution is -0.794. The average Bonchev–Trinajstić information content (AvgIpc) is 2.06. The third-order valence-corrected chi connectivity index (χ3v) is 3.04. The number of pyridine rings is 1. The minimum Gasteiger partial charge on any atom is -0.244 e. The summed E-state index contributed by atoms with van der Waals surface area (Å²) in [5, 5.41) is 7.94. The molecule has 15 heavy (non-hydrogen) atoms. The maximum absolute atomic E-state index is 11.6. The predicted octanol–water partition coefficient (Wildman–Crippen LogP) is 1.42. The van der Waals surface area contributed by atoms with Crippen LogP contribution in [0.3, 0.4) is 0 Å². The minimum absolute atomic E-state index is 0.0243. The van der Waals surface area contributed by atoms with Crippen LogP contribution in [0, 0.1) is 4.91 Å². The maximum Gasteiger partial charge on any atom is 0.396 e. The van der Waals surface area contributed by atoms with E-state index in [9.17, 15) is 9.12 Å². The van der Waals surface area contributed by atoms with Gasteiger partial charge in [0, 0.05) is 12.5 Å². The van der Waals surface area contributed by atoms with E-state index in [1.54, 1.807) is 12.1 Å². The van der Waals surface area contributed by atoms with E-state index in [0.717, 1.165) is 0 Å². The number of rotatable bonds is 3. The van der Waals surface area contributed by atoms with Crippen molar-refractivity contribution >= 4 is 21.3 Å². The number of halogens is 1. The Kier molecular flexibility index (Phi) is 3.59. The maximum atomic E-state index is 11.6. The van der Waals surface area contributed by atoms with Gasteiger partial charge in [0.05, 0.1) is 5.75 Å². The van der Waals surface area contributed by atoms with Gasteiger partial charge in [-0.05, 0) is 11.6 Å². The zero-order valence-corrected chi connectivity index (χ0v) is 9.40. The highest BCUT2D eigenvalue weighted by molar-refractivity contribution is 7.92. The van der Waals surface area contributed by atoms with Crippen LogP contribution < -0.4 is 0 Å². The molecular weight excluding hydrogens is 242 g/mol. The van der Waals surface area contributed by atoms with Crippen LogP contribution in [0.4, 0.5) is 0 Å². The van der Waals surface area contributed by atoms with Gasteiger partial charge in [0.2, 0.25) is 0 Å². The fourth-order valence-electron chi connectivity index (χ4n) is 0.978. The lowest BCUT2D eigenvalue weighted by Crippen LogP contribution is -2.05. The van der Waals surface area contributed by atoms with Crippen LogP contribution >= 0.6 is 11.6 Å². The molecular formula is C7H9ClN3O3S+. The Labute approximate surface area is 91.6 Å². The van der Waals surface area contributed by atoms with Crippen LogP contribution in [-0.4, -0.2) is 25.7 Å².